The SMILES string of the molecule is COc1c(F)c(-c2c(C(F)(F)F)c(C)cc3[nH]ncc23)c(F)c2nc(OC[C@@]34CCCN3C[C@H](F)C4)nc(N3CC4CCC(C3)N4)c12.O=CO. The van der Waals surface area contributed by atoms with Crippen molar-refractivity contribution in [1.29, 1.82) is 0 Å². The van der Waals surface area contributed by atoms with Gasteiger partial charge in [0.1, 0.15) is 24.1 Å². The molecule has 4 saturated heterocycles. The molecular formula is C33H35F6N7O4. The van der Waals surface area contributed by atoms with Crippen LogP contribution in [0.25, 0.3) is 32.9 Å². The number of anilines is 1. The molecule has 0 amide bonds. The summed E-state index contributed by atoms with van der Waals surface area (Å²) < 4.78 is 104. The first-order valence-corrected chi connectivity index (χ1v) is 16.3. The topological polar surface area (TPSA) is 129 Å². The highest BCUT2D eigenvalue weighted by atomic mass is 19.4. The van der Waals surface area contributed by atoms with E-state index in [1.54, 1.807) is 0 Å². The molecule has 2 aromatic carbocycles. The van der Waals surface area contributed by atoms with Crippen LogP contribution in [-0.4, -0.2) is 100 Å². The van der Waals surface area contributed by atoms with Crippen molar-refractivity contribution >= 4 is 34.1 Å². The van der Waals surface area contributed by atoms with Crippen LogP contribution in [0.15, 0.2) is 12.3 Å². The molecule has 50 heavy (non-hydrogen) atoms. The average molecular weight is 708 g/mol. The fraction of sp³-hybridized carbons (Fsp3) is 0.515. The van der Waals surface area contributed by atoms with Crippen LogP contribution < -0.4 is 19.7 Å². The molecule has 0 spiro atoms. The molecule has 17 heteroatoms. The molecule has 4 fully saturated rings. The van der Waals surface area contributed by atoms with Gasteiger partial charge in [-0.15, -0.1) is 0 Å². The summed E-state index contributed by atoms with van der Waals surface area (Å²) >= 11 is 0. The second-order valence-electron chi connectivity index (χ2n) is 13.4. The molecule has 4 aliphatic heterocycles. The van der Waals surface area contributed by atoms with Gasteiger partial charge in [-0.2, -0.15) is 28.2 Å². The Morgan fingerprint density at radius 2 is 1.84 bits per heavy atom. The van der Waals surface area contributed by atoms with Gasteiger partial charge < -0.3 is 24.8 Å². The fourth-order valence-corrected chi connectivity index (χ4v) is 8.41. The molecule has 2 unspecified atom stereocenters. The Morgan fingerprint density at radius 3 is 2.52 bits per heavy atom. The Bertz CT molecular complexity index is 1950. The van der Waals surface area contributed by atoms with Gasteiger partial charge in [0.15, 0.2) is 17.4 Å². The van der Waals surface area contributed by atoms with Crippen LogP contribution in [0.1, 0.15) is 43.2 Å². The minimum Gasteiger partial charge on any atom is -0.493 e. The number of halogens is 6. The number of aromatic amines is 1. The maximum Gasteiger partial charge on any atom is 0.417 e. The van der Waals surface area contributed by atoms with E-state index in [0.29, 0.717) is 26.1 Å². The molecule has 3 N–H and O–H groups in total. The molecule has 4 aliphatic rings. The summed E-state index contributed by atoms with van der Waals surface area (Å²) in [5, 5.41) is 16.7. The van der Waals surface area contributed by atoms with E-state index in [2.05, 4.69) is 30.4 Å². The van der Waals surface area contributed by atoms with Gasteiger partial charge in [-0.25, -0.2) is 13.2 Å². The lowest BCUT2D eigenvalue weighted by molar-refractivity contribution is -0.137. The highest BCUT2D eigenvalue weighted by Crippen LogP contribution is 2.49. The highest BCUT2D eigenvalue weighted by Gasteiger charge is 2.49. The summed E-state index contributed by atoms with van der Waals surface area (Å²) in [7, 11) is 1.17. The number of aromatic nitrogens is 4. The number of methoxy groups -OCH3 is 1. The number of hydrogen-bond acceptors (Lipinski definition) is 9. The third-order valence-corrected chi connectivity index (χ3v) is 10.4. The van der Waals surface area contributed by atoms with Crippen molar-refractivity contribution in [2.45, 2.75) is 69.0 Å². The van der Waals surface area contributed by atoms with Gasteiger partial charge in [0.05, 0.1) is 40.9 Å². The number of piperazine rings is 1. The van der Waals surface area contributed by atoms with Crippen molar-refractivity contribution in [3.8, 4) is 22.9 Å². The lowest BCUT2D eigenvalue weighted by atomic mass is 9.90. The van der Waals surface area contributed by atoms with Gasteiger partial charge in [0, 0.05) is 49.1 Å². The Kier molecular flexibility index (Phi) is 8.69. The maximum absolute atomic E-state index is 17.0. The number of aryl methyl sites for hydroxylation is 1. The zero-order chi connectivity index (χ0) is 35.5. The van der Waals surface area contributed by atoms with Crippen LogP contribution in [0, 0.1) is 18.6 Å². The monoisotopic (exact) mass is 707 g/mol. The largest absolute Gasteiger partial charge is 0.493 e. The second-order valence-corrected chi connectivity index (χ2v) is 13.4. The zero-order valence-electron chi connectivity index (χ0n) is 27.2. The molecule has 0 aliphatic carbocycles. The summed E-state index contributed by atoms with van der Waals surface area (Å²) in [6.07, 6.45) is -1.17. The molecule has 4 atom stereocenters. The smallest absolute Gasteiger partial charge is 0.417 e. The van der Waals surface area contributed by atoms with Crippen molar-refractivity contribution in [2.75, 3.05) is 44.8 Å². The number of rotatable bonds is 6. The number of ether oxygens (including phenoxy) is 2. The standard InChI is InChI=1S/C32H33F6N7O2.CH2O2/c1-15-8-20-19(10-39-43-20)21(24(15)32(36,37)38)22-25(34)27-23(28(46-2)26(22)35)29(44-12-17-4-5-18(13-44)40-17)42-30(41-27)47-14-31-6-3-7-45(31)11-16(33)9-31;2-1-3/h8,10,16-18,40H,3-7,9,11-14H2,1-2H3,(H,39,43);1H,(H,2,3)/t16-,17?,18?,31+;/m1./s1. The van der Waals surface area contributed by atoms with Crippen LogP contribution in [-0.2, 0) is 11.0 Å². The number of nitrogens with zero attached hydrogens (tertiary/aromatic N) is 5. The summed E-state index contributed by atoms with van der Waals surface area (Å²) in [6.45, 7) is 3.00. The van der Waals surface area contributed by atoms with Crippen LogP contribution in [0.3, 0.4) is 0 Å². The fourth-order valence-electron chi connectivity index (χ4n) is 8.41. The van der Waals surface area contributed by atoms with Crippen molar-refractivity contribution in [1.82, 2.24) is 30.4 Å². The minimum absolute atomic E-state index is 0.0454. The molecule has 0 saturated carbocycles. The van der Waals surface area contributed by atoms with Crippen LogP contribution in [0.5, 0.6) is 11.8 Å². The number of hydrogen-bond donors (Lipinski definition) is 3. The minimum atomic E-state index is -4.96. The van der Waals surface area contributed by atoms with Gasteiger partial charge >= 0.3 is 12.2 Å². The van der Waals surface area contributed by atoms with Crippen molar-refractivity contribution in [2.24, 2.45) is 0 Å². The van der Waals surface area contributed by atoms with Gasteiger partial charge in [-0.3, -0.25) is 14.8 Å². The summed E-state index contributed by atoms with van der Waals surface area (Å²) in [6, 6.07) is 1.24. The molecule has 0 radical (unpaired) electrons. The number of alkyl halides is 4. The van der Waals surface area contributed by atoms with Gasteiger partial charge in [-0.1, -0.05) is 0 Å². The Morgan fingerprint density at radius 1 is 1.12 bits per heavy atom. The number of benzene rings is 2. The first kappa shape index (κ1) is 34.1. The zero-order valence-corrected chi connectivity index (χ0v) is 27.2. The Balaban J connectivity index is 0.00000126. The molecule has 2 aromatic heterocycles. The summed E-state index contributed by atoms with van der Waals surface area (Å²) in [4.78, 5) is 21.3. The van der Waals surface area contributed by atoms with Crippen molar-refractivity contribution < 1.29 is 45.7 Å². The van der Waals surface area contributed by atoms with Gasteiger partial charge in [0.2, 0.25) is 0 Å². The van der Waals surface area contributed by atoms with Crippen molar-refractivity contribution in [3.05, 3.63) is 35.0 Å². The maximum atomic E-state index is 17.0. The predicted molar refractivity (Wildman–Crippen MR) is 170 cm³/mol. The molecule has 8 rings (SSSR count). The van der Waals surface area contributed by atoms with E-state index >= 15 is 8.78 Å². The number of H-pyrrole nitrogens is 1. The summed E-state index contributed by atoms with van der Waals surface area (Å²) in [5.74, 6) is -2.94. The van der Waals surface area contributed by atoms with E-state index in [9.17, 15) is 17.6 Å². The lowest BCUT2D eigenvalue weighted by Gasteiger charge is -2.35. The number of nitrogens with one attached hydrogen (secondary N) is 2. The first-order valence-electron chi connectivity index (χ1n) is 16.3. The molecule has 11 nitrogen and oxygen atoms in total. The quantitative estimate of drug-likeness (QED) is 0.178. The van der Waals surface area contributed by atoms with Crippen LogP contribution in [0.4, 0.5) is 32.2 Å². The summed E-state index contributed by atoms with van der Waals surface area (Å²) in [5.41, 5.74) is -3.91. The molecule has 6 heterocycles. The Labute approximate surface area is 281 Å². The third kappa shape index (κ3) is 5.63. The molecule has 2 bridgehead atoms. The van der Waals surface area contributed by atoms with Gasteiger partial charge in [-0.05, 0) is 50.8 Å². The number of fused-ring (bicyclic) bond motifs is 5. The molecule has 268 valence electrons. The average Bonchev–Trinajstić information content (AvgIpc) is 3.83. The van der Waals surface area contributed by atoms with E-state index in [0.717, 1.165) is 32.0 Å². The third-order valence-electron chi connectivity index (χ3n) is 10.4. The van der Waals surface area contributed by atoms with Crippen LogP contribution >= 0.6 is 0 Å². The predicted octanol–water partition coefficient (Wildman–Crippen LogP) is 5.38. The Hall–Kier alpha value is -4.38. The van der Waals surface area contributed by atoms with E-state index in [1.807, 2.05) is 4.90 Å². The number of carboxylic acid groups (broad SMARTS) is 1. The van der Waals surface area contributed by atoms with Crippen LogP contribution in [0.2, 0.25) is 0 Å². The van der Waals surface area contributed by atoms with Crippen molar-refractivity contribution in [3.63, 3.8) is 0 Å². The van der Waals surface area contributed by atoms with E-state index in [1.165, 1.54) is 20.1 Å². The molecule has 4 aromatic rings. The number of carbonyl (C=O) groups is 1. The van der Waals surface area contributed by atoms with E-state index in [-0.39, 0.29) is 65.3 Å². The van der Waals surface area contributed by atoms with E-state index in [4.69, 9.17) is 19.4 Å². The van der Waals surface area contributed by atoms with E-state index < -0.39 is 57.5 Å². The lowest BCUT2D eigenvalue weighted by Crippen LogP contribution is -2.51. The molecular weight excluding hydrogens is 672 g/mol. The van der Waals surface area contributed by atoms with Gasteiger partial charge in [0.25, 0.3) is 6.47 Å². The normalized spacial score (nSPS) is 24.8. The highest BCUT2D eigenvalue weighted by molar-refractivity contribution is 6.04. The first-order chi connectivity index (χ1) is 23.9. The second kappa shape index (κ2) is 12.7.